The molecule has 7 N–H and O–H groups in total. The highest BCUT2D eigenvalue weighted by Crippen LogP contribution is 2.08. The zero-order chi connectivity index (χ0) is 16.0. The maximum atomic E-state index is 9.52. The fraction of sp³-hybridized carbons (Fsp3) is 0.727. The summed E-state index contributed by atoms with van der Waals surface area (Å²) in [6, 6.07) is 0. The normalized spacial score (nSPS) is 14.1. The minimum Gasteiger partial charge on any atom is -0.481 e. The van der Waals surface area contributed by atoms with Gasteiger partial charge in [0.1, 0.15) is 0 Å². The van der Waals surface area contributed by atoms with E-state index in [1.54, 1.807) is 0 Å². The maximum Gasteiger partial charge on any atom is 0.414 e. The highest BCUT2D eigenvalue weighted by Gasteiger charge is 2.10. The summed E-state index contributed by atoms with van der Waals surface area (Å²) in [5.41, 5.74) is 4.85. The second-order valence-corrected chi connectivity index (χ2v) is 3.92. The number of carboxylic acid groups (broad SMARTS) is 3. The molecule has 0 amide bonds. The van der Waals surface area contributed by atoms with Crippen molar-refractivity contribution in [3.63, 3.8) is 0 Å². The Bertz CT molecular complexity index is 278. The molecule has 0 aromatic heterocycles. The molecule has 9 nitrogen and oxygen atoms in total. The number of rotatable bonds is 3. The standard InChI is InChI=1S/C6H13NO.C3H7NO2.C2H2O4/c8-5-6-1-3-7-4-2-6;4-2-1-3(5)6;3-1(4)2(5)6/h6-8H,1-5H2;1-2,4H2,(H,5,6);(H,3,4)(H,5,6). The number of aliphatic hydroxyl groups excluding tert-OH is 1. The minimum absolute atomic E-state index is 0.0694. The molecule has 0 radical (unpaired) electrons. The number of carboxylic acids is 3. The first-order valence-corrected chi connectivity index (χ1v) is 6.04. The van der Waals surface area contributed by atoms with Gasteiger partial charge in [-0.15, -0.1) is 0 Å². The van der Waals surface area contributed by atoms with E-state index in [-0.39, 0.29) is 13.0 Å². The number of carbonyl (C=O) groups is 3. The largest absolute Gasteiger partial charge is 0.481 e. The van der Waals surface area contributed by atoms with Crippen LogP contribution >= 0.6 is 0 Å². The lowest BCUT2D eigenvalue weighted by Gasteiger charge is -2.19. The summed E-state index contributed by atoms with van der Waals surface area (Å²) in [5.74, 6) is -3.90. The number of aliphatic carboxylic acids is 3. The van der Waals surface area contributed by atoms with Crippen molar-refractivity contribution in [2.45, 2.75) is 19.3 Å². The van der Waals surface area contributed by atoms with E-state index in [9.17, 15) is 4.79 Å². The Morgan fingerprint density at radius 2 is 1.50 bits per heavy atom. The molecule has 1 fully saturated rings. The minimum atomic E-state index is -1.82. The summed E-state index contributed by atoms with van der Waals surface area (Å²) >= 11 is 0. The lowest BCUT2D eigenvalue weighted by Crippen LogP contribution is -2.29. The number of hydrogen-bond donors (Lipinski definition) is 6. The lowest BCUT2D eigenvalue weighted by atomic mass is 10.00. The topological polar surface area (TPSA) is 170 Å². The van der Waals surface area contributed by atoms with Crippen molar-refractivity contribution in [2.75, 3.05) is 26.2 Å². The van der Waals surface area contributed by atoms with Gasteiger partial charge in [-0.25, -0.2) is 9.59 Å². The molecule has 0 aromatic carbocycles. The summed E-state index contributed by atoms with van der Waals surface area (Å²) in [7, 11) is 0. The van der Waals surface area contributed by atoms with Gasteiger partial charge in [0.15, 0.2) is 0 Å². The second-order valence-electron chi connectivity index (χ2n) is 3.92. The Morgan fingerprint density at radius 1 is 1.05 bits per heavy atom. The highest BCUT2D eigenvalue weighted by atomic mass is 16.4. The van der Waals surface area contributed by atoms with E-state index in [4.69, 9.17) is 35.7 Å². The molecule has 0 bridgehead atoms. The molecule has 0 aromatic rings. The zero-order valence-electron chi connectivity index (χ0n) is 11.1. The summed E-state index contributed by atoms with van der Waals surface area (Å²) in [4.78, 5) is 27.7. The molecule has 0 atom stereocenters. The van der Waals surface area contributed by atoms with E-state index < -0.39 is 17.9 Å². The van der Waals surface area contributed by atoms with Gasteiger partial charge in [-0.3, -0.25) is 4.79 Å². The summed E-state index contributed by atoms with van der Waals surface area (Å²) < 4.78 is 0. The van der Waals surface area contributed by atoms with Gasteiger partial charge >= 0.3 is 17.9 Å². The van der Waals surface area contributed by atoms with Crippen molar-refractivity contribution >= 4 is 17.9 Å². The van der Waals surface area contributed by atoms with Crippen LogP contribution in [0.3, 0.4) is 0 Å². The molecule has 1 heterocycles. The zero-order valence-corrected chi connectivity index (χ0v) is 11.1. The molecule has 0 spiro atoms. The SMILES string of the molecule is NCCC(=O)O.O=C(O)C(=O)O.OCC1CCNCC1. The van der Waals surface area contributed by atoms with Crippen LogP contribution < -0.4 is 11.1 Å². The lowest BCUT2D eigenvalue weighted by molar-refractivity contribution is -0.159. The van der Waals surface area contributed by atoms with Crippen LogP contribution in [0.1, 0.15) is 19.3 Å². The number of hydrogen-bond acceptors (Lipinski definition) is 6. The van der Waals surface area contributed by atoms with Crippen molar-refractivity contribution in [1.29, 1.82) is 0 Å². The smallest absolute Gasteiger partial charge is 0.414 e. The average molecular weight is 294 g/mol. The molecule has 1 rings (SSSR count). The molecule has 118 valence electrons. The Kier molecular flexibility index (Phi) is 14.1. The van der Waals surface area contributed by atoms with Crippen LogP contribution in [-0.4, -0.2) is 64.6 Å². The van der Waals surface area contributed by atoms with Gasteiger partial charge in [-0.2, -0.15) is 0 Å². The van der Waals surface area contributed by atoms with Crippen molar-refractivity contribution in [2.24, 2.45) is 11.7 Å². The fourth-order valence-corrected chi connectivity index (χ4v) is 1.19. The number of nitrogens with one attached hydrogen (secondary N) is 1. The Labute approximate surface area is 116 Å². The van der Waals surface area contributed by atoms with Gasteiger partial charge in [0.2, 0.25) is 0 Å². The van der Waals surface area contributed by atoms with Crippen LogP contribution in [0.25, 0.3) is 0 Å². The van der Waals surface area contributed by atoms with Crippen molar-refractivity contribution in [3.8, 4) is 0 Å². The molecule has 1 aliphatic heterocycles. The maximum absolute atomic E-state index is 9.52. The highest BCUT2D eigenvalue weighted by molar-refractivity contribution is 6.27. The average Bonchev–Trinajstić information content (AvgIpc) is 2.40. The van der Waals surface area contributed by atoms with E-state index in [1.165, 1.54) is 0 Å². The Hall–Kier alpha value is -1.71. The third kappa shape index (κ3) is 16.3. The Morgan fingerprint density at radius 3 is 1.65 bits per heavy atom. The van der Waals surface area contributed by atoms with Crippen molar-refractivity contribution in [3.05, 3.63) is 0 Å². The monoisotopic (exact) mass is 294 g/mol. The van der Waals surface area contributed by atoms with Crippen LogP contribution in [0.15, 0.2) is 0 Å². The predicted octanol–water partition coefficient (Wildman–Crippen LogP) is -1.45. The van der Waals surface area contributed by atoms with Crippen LogP contribution in [0.2, 0.25) is 0 Å². The molecule has 1 aliphatic rings. The first-order chi connectivity index (χ1) is 9.34. The summed E-state index contributed by atoms with van der Waals surface area (Å²) in [6.07, 6.45) is 2.37. The van der Waals surface area contributed by atoms with Crippen LogP contribution in [0, 0.1) is 5.92 Å². The molecule has 0 unspecified atom stereocenters. The number of piperidine rings is 1. The first-order valence-electron chi connectivity index (χ1n) is 6.04. The van der Waals surface area contributed by atoms with Gasteiger partial charge in [-0.1, -0.05) is 0 Å². The van der Waals surface area contributed by atoms with Crippen LogP contribution in [0.4, 0.5) is 0 Å². The second kappa shape index (κ2) is 13.7. The van der Waals surface area contributed by atoms with Crippen molar-refractivity contribution < 1.29 is 34.8 Å². The molecule has 1 saturated heterocycles. The van der Waals surface area contributed by atoms with E-state index in [2.05, 4.69) is 5.32 Å². The van der Waals surface area contributed by atoms with Crippen molar-refractivity contribution in [1.82, 2.24) is 5.32 Å². The van der Waals surface area contributed by atoms with E-state index in [1.807, 2.05) is 0 Å². The predicted molar refractivity (Wildman–Crippen MR) is 69.3 cm³/mol. The van der Waals surface area contributed by atoms with Gasteiger partial charge in [0.25, 0.3) is 0 Å². The molecule has 0 aliphatic carbocycles. The molecular weight excluding hydrogens is 272 g/mol. The third-order valence-electron chi connectivity index (χ3n) is 2.26. The number of aliphatic hydroxyl groups is 1. The third-order valence-corrected chi connectivity index (χ3v) is 2.26. The molecule has 9 heteroatoms. The molecule has 0 saturated carbocycles. The number of nitrogens with two attached hydrogens (primary N) is 1. The van der Waals surface area contributed by atoms with Gasteiger partial charge in [0, 0.05) is 13.2 Å². The Balaban J connectivity index is 0. The summed E-state index contributed by atoms with van der Waals surface area (Å²) in [5, 5.41) is 34.5. The fourth-order valence-electron chi connectivity index (χ4n) is 1.19. The van der Waals surface area contributed by atoms with Crippen LogP contribution in [-0.2, 0) is 14.4 Å². The van der Waals surface area contributed by atoms with Gasteiger partial charge in [0.05, 0.1) is 6.42 Å². The van der Waals surface area contributed by atoms with Crippen LogP contribution in [0.5, 0.6) is 0 Å². The van der Waals surface area contributed by atoms with Gasteiger partial charge in [-0.05, 0) is 31.8 Å². The van der Waals surface area contributed by atoms with E-state index >= 15 is 0 Å². The first kappa shape index (κ1) is 20.6. The van der Waals surface area contributed by atoms with Gasteiger partial charge < -0.3 is 31.5 Å². The summed E-state index contributed by atoms with van der Waals surface area (Å²) in [6.45, 7) is 2.79. The van der Waals surface area contributed by atoms with E-state index in [0.717, 1.165) is 25.9 Å². The quantitative estimate of drug-likeness (QED) is 0.341. The molecular formula is C11H22N2O7. The van der Waals surface area contributed by atoms with E-state index in [0.29, 0.717) is 12.5 Å². The molecule has 20 heavy (non-hydrogen) atoms.